The molecule has 1 aliphatic heterocycles. The second-order valence-corrected chi connectivity index (χ2v) is 8.06. The van der Waals surface area contributed by atoms with Gasteiger partial charge in [0.05, 0.1) is 42.6 Å². The lowest BCUT2D eigenvalue weighted by molar-refractivity contribution is -0.156. The molecule has 1 aliphatic rings. The summed E-state index contributed by atoms with van der Waals surface area (Å²) in [4.78, 5) is 12.1. The van der Waals surface area contributed by atoms with Gasteiger partial charge in [0.2, 0.25) is 0 Å². The maximum Gasteiger partial charge on any atom is 0.339 e. The second-order valence-electron chi connectivity index (χ2n) is 7.21. The molecule has 0 aliphatic carbocycles. The summed E-state index contributed by atoms with van der Waals surface area (Å²) in [5.74, 6) is 1.25. The number of carbonyl (C=O) groups excluding carboxylic acids is 1. The van der Waals surface area contributed by atoms with Gasteiger partial charge in [0, 0.05) is 12.0 Å². The van der Waals surface area contributed by atoms with Crippen molar-refractivity contribution in [3.05, 3.63) is 28.3 Å². The highest BCUT2D eigenvalue weighted by atomic mass is 79.9. The van der Waals surface area contributed by atoms with Gasteiger partial charge in [-0.25, -0.2) is 4.79 Å². The molecule has 7 heteroatoms. The largest absolute Gasteiger partial charge is 0.492 e. The molecule has 0 unspecified atom stereocenters. The van der Waals surface area contributed by atoms with Gasteiger partial charge in [-0.05, 0) is 49.7 Å². The van der Waals surface area contributed by atoms with Crippen LogP contribution in [0.2, 0.25) is 0 Å². The summed E-state index contributed by atoms with van der Waals surface area (Å²) in [5, 5.41) is 0. The molecule has 0 bridgehead atoms. The summed E-state index contributed by atoms with van der Waals surface area (Å²) in [6.45, 7) is 9.80. The van der Waals surface area contributed by atoms with Crippen LogP contribution in [0.15, 0.2) is 22.7 Å². The van der Waals surface area contributed by atoms with Crippen molar-refractivity contribution in [1.29, 1.82) is 0 Å². The molecule has 0 spiro atoms. The normalized spacial score (nSPS) is 21.7. The number of hydrogen-bond acceptors (Lipinski definition) is 6. The fourth-order valence-corrected chi connectivity index (χ4v) is 3.58. The van der Waals surface area contributed by atoms with Gasteiger partial charge in [0.1, 0.15) is 5.75 Å². The van der Waals surface area contributed by atoms with E-state index in [1.165, 1.54) is 7.11 Å². The Hall–Kier alpha value is -1.73. The van der Waals surface area contributed by atoms with Gasteiger partial charge in [-0.2, -0.15) is 0 Å². The second kappa shape index (κ2) is 9.65. The molecule has 28 heavy (non-hydrogen) atoms. The molecular formula is C21H29BrO6. The van der Waals surface area contributed by atoms with E-state index >= 15 is 0 Å². The first-order chi connectivity index (χ1) is 13.2. The van der Waals surface area contributed by atoms with Gasteiger partial charge in [0.15, 0.2) is 17.6 Å². The molecule has 0 fully saturated rings. The monoisotopic (exact) mass is 456 g/mol. The number of rotatable bonds is 7. The first-order valence-corrected chi connectivity index (χ1v) is 10.1. The molecule has 0 saturated carbocycles. The van der Waals surface area contributed by atoms with E-state index < -0.39 is 18.2 Å². The van der Waals surface area contributed by atoms with E-state index in [0.717, 1.165) is 4.47 Å². The summed E-state index contributed by atoms with van der Waals surface area (Å²) in [7, 11) is 2.92. The molecule has 1 aromatic carbocycles. The summed E-state index contributed by atoms with van der Waals surface area (Å²) < 4.78 is 29.5. The lowest BCUT2D eigenvalue weighted by Gasteiger charge is -2.33. The van der Waals surface area contributed by atoms with Crippen molar-refractivity contribution in [2.24, 2.45) is 5.92 Å². The minimum Gasteiger partial charge on any atom is -0.492 e. The van der Waals surface area contributed by atoms with Crippen molar-refractivity contribution < 1.29 is 28.5 Å². The molecule has 0 saturated heterocycles. The molecule has 1 heterocycles. The van der Waals surface area contributed by atoms with Crippen LogP contribution in [0.5, 0.6) is 17.2 Å². The zero-order valence-corrected chi connectivity index (χ0v) is 19.0. The molecule has 1 aromatic rings. The van der Waals surface area contributed by atoms with E-state index in [2.05, 4.69) is 15.9 Å². The smallest absolute Gasteiger partial charge is 0.339 e. The van der Waals surface area contributed by atoms with Crippen LogP contribution in [-0.2, 0) is 14.3 Å². The molecule has 0 radical (unpaired) electrons. The van der Waals surface area contributed by atoms with Crippen LogP contribution < -0.4 is 14.2 Å². The standard InChI is InChI=1S/C21H29BrO6/c1-11(2)26-16-10-14(22)19(27-12(3)4)17(20(16)24-6)18-13(5)8-9-15(28-18)21(23)25-7/h8-13,15,18H,1-7H3/t13-,15-,18-/m0/s1. The van der Waals surface area contributed by atoms with Crippen LogP contribution >= 0.6 is 15.9 Å². The van der Waals surface area contributed by atoms with Crippen molar-refractivity contribution in [2.75, 3.05) is 14.2 Å². The quantitative estimate of drug-likeness (QED) is 0.432. The highest BCUT2D eigenvalue weighted by Gasteiger charge is 2.36. The molecular weight excluding hydrogens is 428 g/mol. The van der Waals surface area contributed by atoms with Crippen molar-refractivity contribution >= 4 is 21.9 Å². The fraction of sp³-hybridized carbons (Fsp3) is 0.571. The number of benzene rings is 1. The molecule has 6 nitrogen and oxygen atoms in total. The van der Waals surface area contributed by atoms with Crippen LogP contribution in [-0.4, -0.2) is 38.5 Å². The van der Waals surface area contributed by atoms with E-state index in [9.17, 15) is 4.79 Å². The lowest BCUT2D eigenvalue weighted by atomic mass is 9.92. The molecule has 3 atom stereocenters. The maximum absolute atomic E-state index is 12.1. The van der Waals surface area contributed by atoms with Crippen molar-refractivity contribution in [1.82, 2.24) is 0 Å². The predicted molar refractivity (Wildman–Crippen MR) is 110 cm³/mol. The third kappa shape index (κ3) is 5.00. The third-order valence-corrected chi connectivity index (χ3v) is 4.78. The van der Waals surface area contributed by atoms with E-state index in [0.29, 0.717) is 22.8 Å². The Balaban J connectivity index is 2.65. The first kappa shape index (κ1) is 22.6. The SMILES string of the molecule is COC(=O)[C@@H]1C=C[C@H](C)[C@@H](c2c(OC(C)C)c(Br)cc(OC(C)C)c2OC)O1. The Morgan fingerprint density at radius 1 is 1.07 bits per heavy atom. The van der Waals surface area contributed by atoms with Gasteiger partial charge >= 0.3 is 5.97 Å². The van der Waals surface area contributed by atoms with Gasteiger partial charge < -0.3 is 23.7 Å². The Morgan fingerprint density at radius 2 is 1.71 bits per heavy atom. The van der Waals surface area contributed by atoms with Gasteiger partial charge in [-0.15, -0.1) is 0 Å². The van der Waals surface area contributed by atoms with Gasteiger partial charge in [-0.1, -0.05) is 13.0 Å². The molecule has 2 rings (SSSR count). The zero-order valence-electron chi connectivity index (χ0n) is 17.4. The lowest BCUT2D eigenvalue weighted by Crippen LogP contribution is -2.31. The molecule has 0 aromatic heterocycles. The van der Waals surface area contributed by atoms with Crippen LogP contribution in [0.25, 0.3) is 0 Å². The van der Waals surface area contributed by atoms with E-state index in [1.54, 1.807) is 13.2 Å². The molecule has 156 valence electrons. The topological polar surface area (TPSA) is 63.2 Å². The van der Waals surface area contributed by atoms with Crippen LogP contribution in [0.4, 0.5) is 0 Å². The average Bonchev–Trinajstić information content (AvgIpc) is 2.62. The maximum atomic E-state index is 12.1. The number of ether oxygens (including phenoxy) is 5. The Morgan fingerprint density at radius 3 is 2.25 bits per heavy atom. The minimum absolute atomic E-state index is 0.0227. The van der Waals surface area contributed by atoms with E-state index in [-0.39, 0.29) is 18.1 Å². The number of esters is 1. The Bertz CT molecular complexity index is 728. The predicted octanol–water partition coefficient (Wildman–Crippen LogP) is 4.84. The minimum atomic E-state index is -0.795. The Kier molecular flexibility index (Phi) is 7.78. The van der Waals surface area contributed by atoms with Gasteiger partial charge in [0.25, 0.3) is 0 Å². The van der Waals surface area contributed by atoms with Crippen molar-refractivity contribution in [3.63, 3.8) is 0 Å². The van der Waals surface area contributed by atoms with Crippen LogP contribution in [0.1, 0.15) is 46.3 Å². The number of methoxy groups -OCH3 is 2. The van der Waals surface area contributed by atoms with Crippen LogP contribution in [0, 0.1) is 5.92 Å². The van der Waals surface area contributed by atoms with Gasteiger partial charge in [-0.3, -0.25) is 0 Å². The highest BCUT2D eigenvalue weighted by molar-refractivity contribution is 9.10. The summed E-state index contributed by atoms with van der Waals surface area (Å²) in [5.41, 5.74) is 0.701. The van der Waals surface area contributed by atoms with Crippen molar-refractivity contribution in [3.8, 4) is 17.2 Å². The van der Waals surface area contributed by atoms with E-state index in [4.69, 9.17) is 23.7 Å². The summed E-state index contributed by atoms with van der Waals surface area (Å²) in [6.07, 6.45) is 2.27. The average molecular weight is 457 g/mol. The highest BCUT2D eigenvalue weighted by Crippen LogP contribution is 2.50. The van der Waals surface area contributed by atoms with E-state index in [1.807, 2.05) is 46.8 Å². The molecule has 0 amide bonds. The number of halogens is 1. The Labute approximate surface area is 175 Å². The summed E-state index contributed by atoms with van der Waals surface area (Å²) >= 11 is 3.60. The third-order valence-electron chi connectivity index (χ3n) is 4.19. The first-order valence-electron chi connectivity index (χ1n) is 9.34. The number of carbonyl (C=O) groups is 1. The zero-order chi connectivity index (χ0) is 21.0. The molecule has 0 N–H and O–H groups in total. The fourth-order valence-electron chi connectivity index (χ4n) is 3.06. The summed E-state index contributed by atoms with van der Waals surface area (Å²) in [6, 6.07) is 1.83. The number of hydrogen-bond donors (Lipinski definition) is 0. The van der Waals surface area contributed by atoms with Crippen molar-refractivity contribution in [2.45, 2.75) is 59.0 Å². The van der Waals surface area contributed by atoms with Crippen LogP contribution in [0.3, 0.4) is 0 Å².